The molecule has 1 atom stereocenters. The number of hydrogen-bond acceptors (Lipinski definition) is 7. The van der Waals surface area contributed by atoms with E-state index in [4.69, 9.17) is 21.9 Å². The molecule has 9 heteroatoms. The second-order valence-corrected chi connectivity index (χ2v) is 10.4. The number of thioether (sulfide) groups is 1. The van der Waals surface area contributed by atoms with Gasteiger partial charge in [-0.25, -0.2) is 4.98 Å². The normalized spacial score (nSPS) is 19.3. The third-order valence-electron chi connectivity index (χ3n) is 6.11. The summed E-state index contributed by atoms with van der Waals surface area (Å²) < 4.78 is 7.70. The molecule has 35 heavy (non-hydrogen) atoms. The number of thiocarbonyl (C=S) groups is 1. The van der Waals surface area contributed by atoms with Crippen molar-refractivity contribution in [2.24, 2.45) is 0 Å². The summed E-state index contributed by atoms with van der Waals surface area (Å²) >= 11 is 6.70. The van der Waals surface area contributed by atoms with Gasteiger partial charge in [-0.15, -0.1) is 0 Å². The van der Waals surface area contributed by atoms with Crippen molar-refractivity contribution in [2.75, 3.05) is 25.0 Å². The maximum atomic E-state index is 13.5. The topological polar surface area (TPSA) is 75.9 Å². The lowest BCUT2D eigenvalue weighted by atomic mass is 10.1. The minimum Gasteiger partial charge on any atom is -0.376 e. The van der Waals surface area contributed by atoms with Crippen LogP contribution in [0, 0.1) is 6.92 Å². The summed E-state index contributed by atoms with van der Waals surface area (Å²) in [6.45, 7) is 3.68. The summed E-state index contributed by atoms with van der Waals surface area (Å²) in [5.74, 6) is 0.263. The molecule has 2 aliphatic heterocycles. The first-order valence-electron chi connectivity index (χ1n) is 11.7. The molecule has 2 aliphatic rings. The Balaban J connectivity index is 1.47. The zero-order valence-corrected chi connectivity index (χ0v) is 21.0. The molecule has 2 aromatic heterocycles. The number of ether oxygens (including phenoxy) is 1. The molecule has 0 radical (unpaired) electrons. The van der Waals surface area contributed by atoms with E-state index in [1.165, 1.54) is 21.7 Å². The summed E-state index contributed by atoms with van der Waals surface area (Å²) in [5, 5.41) is 3.32. The Morgan fingerprint density at radius 2 is 2.06 bits per heavy atom. The number of carbonyl (C=O) groups is 1. The SMILES string of the molecule is Cc1ccc2nc(NCCc3ccccc3)c(/C=C3/SC(=S)N(CC4CCCO4)C3=O)c(=O)n2c1. The van der Waals surface area contributed by atoms with Crippen LogP contribution in [0.15, 0.2) is 58.4 Å². The number of benzene rings is 1. The molecule has 2 fully saturated rings. The molecular formula is C26H26N4O3S2. The van der Waals surface area contributed by atoms with E-state index in [1.807, 2.05) is 37.3 Å². The third-order valence-corrected chi connectivity index (χ3v) is 7.49. The second-order valence-electron chi connectivity index (χ2n) is 8.70. The third kappa shape index (κ3) is 5.17. The molecule has 7 nitrogen and oxygen atoms in total. The summed E-state index contributed by atoms with van der Waals surface area (Å²) in [6, 6.07) is 13.9. The predicted octanol–water partition coefficient (Wildman–Crippen LogP) is 4.04. The van der Waals surface area contributed by atoms with Crippen LogP contribution >= 0.6 is 24.0 Å². The summed E-state index contributed by atoms with van der Waals surface area (Å²) in [5.41, 5.74) is 2.79. The highest BCUT2D eigenvalue weighted by Crippen LogP contribution is 2.34. The van der Waals surface area contributed by atoms with Gasteiger partial charge in [0.05, 0.1) is 23.1 Å². The van der Waals surface area contributed by atoms with Crippen molar-refractivity contribution >= 4 is 51.7 Å². The minimum atomic E-state index is -0.231. The second kappa shape index (κ2) is 10.3. The van der Waals surface area contributed by atoms with Crippen molar-refractivity contribution in [1.29, 1.82) is 0 Å². The molecule has 5 rings (SSSR count). The van der Waals surface area contributed by atoms with Gasteiger partial charge in [0, 0.05) is 19.3 Å². The summed E-state index contributed by atoms with van der Waals surface area (Å²) in [6.07, 6.45) is 6.08. The molecule has 4 heterocycles. The monoisotopic (exact) mass is 506 g/mol. The number of pyridine rings is 1. The van der Waals surface area contributed by atoms with Crippen LogP contribution in [0.25, 0.3) is 11.7 Å². The molecular weight excluding hydrogens is 480 g/mol. The van der Waals surface area contributed by atoms with Crippen LogP contribution < -0.4 is 10.9 Å². The Morgan fingerprint density at radius 3 is 2.83 bits per heavy atom. The van der Waals surface area contributed by atoms with Gasteiger partial charge in [0.2, 0.25) is 0 Å². The molecule has 0 bridgehead atoms. The van der Waals surface area contributed by atoms with Crippen molar-refractivity contribution < 1.29 is 9.53 Å². The van der Waals surface area contributed by atoms with Crippen molar-refractivity contribution in [2.45, 2.75) is 32.3 Å². The van der Waals surface area contributed by atoms with E-state index >= 15 is 0 Å². The number of hydrogen-bond donors (Lipinski definition) is 1. The van der Waals surface area contributed by atoms with Crippen LogP contribution in [-0.4, -0.2) is 50.3 Å². The Morgan fingerprint density at radius 1 is 1.23 bits per heavy atom. The van der Waals surface area contributed by atoms with Gasteiger partial charge in [-0.05, 0) is 49.5 Å². The van der Waals surface area contributed by atoms with Crippen molar-refractivity contribution in [3.63, 3.8) is 0 Å². The highest BCUT2D eigenvalue weighted by molar-refractivity contribution is 8.26. The van der Waals surface area contributed by atoms with E-state index in [0.29, 0.717) is 46.0 Å². The van der Waals surface area contributed by atoms with Gasteiger partial charge in [0.25, 0.3) is 11.5 Å². The quantitative estimate of drug-likeness (QED) is 0.383. The molecule has 1 unspecified atom stereocenters. The van der Waals surface area contributed by atoms with Gasteiger partial charge in [0.1, 0.15) is 15.8 Å². The largest absolute Gasteiger partial charge is 0.376 e. The van der Waals surface area contributed by atoms with Crippen LogP contribution in [0.1, 0.15) is 29.5 Å². The van der Waals surface area contributed by atoms with Crippen LogP contribution in [0.3, 0.4) is 0 Å². The smallest absolute Gasteiger partial charge is 0.267 e. The van der Waals surface area contributed by atoms with E-state index in [1.54, 1.807) is 17.2 Å². The first kappa shape index (κ1) is 23.7. The predicted molar refractivity (Wildman–Crippen MR) is 144 cm³/mol. The molecule has 0 aliphatic carbocycles. The highest BCUT2D eigenvalue weighted by Gasteiger charge is 2.35. The van der Waals surface area contributed by atoms with Gasteiger partial charge in [-0.3, -0.25) is 18.9 Å². The molecule has 1 amide bonds. The van der Waals surface area contributed by atoms with Crippen molar-refractivity contribution in [1.82, 2.24) is 14.3 Å². The number of anilines is 1. The average Bonchev–Trinajstić information content (AvgIpc) is 3.46. The standard InChI is InChI=1S/C26H26N4O3S2/c1-17-9-10-22-28-23(27-12-11-18-6-3-2-4-7-18)20(24(31)29(22)15-17)14-21-25(32)30(26(34)35-21)16-19-8-5-13-33-19/h2-4,6-7,9-10,14-15,19,27H,5,8,11-13,16H2,1H3/b21-14+. The van der Waals surface area contributed by atoms with Crippen LogP contribution in [-0.2, 0) is 16.0 Å². The number of aromatic nitrogens is 2. The molecule has 1 N–H and O–H groups in total. The number of rotatable bonds is 7. The Bertz CT molecular complexity index is 1360. The van der Waals surface area contributed by atoms with Crippen LogP contribution in [0.2, 0.25) is 0 Å². The Kier molecular flexibility index (Phi) is 6.99. The van der Waals surface area contributed by atoms with Gasteiger partial charge >= 0.3 is 0 Å². The Labute approximate surface area is 213 Å². The lowest BCUT2D eigenvalue weighted by molar-refractivity contribution is -0.123. The van der Waals surface area contributed by atoms with Crippen molar-refractivity contribution in [3.05, 3.63) is 80.6 Å². The first-order valence-corrected chi connectivity index (χ1v) is 12.9. The minimum absolute atomic E-state index is 0.00278. The van der Waals surface area contributed by atoms with Crippen molar-refractivity contribution in [3.8, 4) is 0 Å². The summed E-state index contributed by atoms with van der Waals surface area (Å²) in [4.78, 5) is 33.4. The zero-order valence-electron chi connectivity index (χ0n) is 19.4. The maximum absolute atomic E-state index is 13.5. The number of nitrogens with zero attached hydrogens (tertiary/aromatic N) is 3. The molecule has 0 saturated carbocycles. The van der Waals surface area contributed by atoms with Gasteiger partial charge in [-0.2, -0.15) is 0 Å². The maximum Gasteiger partial charge on any atom is 0.267 e. The zero-order chi connectivity index (χ0) is 24.4. The van der Waals surface area contributed by atoms with E-state index in [2.05, 4.69) is 17.4 Å². The van der Waals surface area contributed by atoms with E-state index < -0.39 is 0 Å². The fourth-order valence-corrected chi connectivity index (χ4v) is 5.53. The molecule has 3 aromatic rings. The molecule has 2 saturated heterocycles. The van der Waals surface area contributed by atoms with Crippen LogP contribution in [0.4, 0.5) is 5.82 Å². The van der Waals surface area contributed by atoms with Gasteiger partial charge in [-0.1, -0.05) is 60.4 Å². The molecule has 1 aromatic carbocycles. The Hall–Kier alpha value is -3.01. The summed E-state index contributed by atoms with van der Waals surface area (Å²) in [7, 11) is 0. The fourth-order valence-electron chi connectivity index (χ4n) is 4.27. The van der Waals surface area contributed by atoms with Crippen LogP contribution in [0.5, 0.6) is 0 Å². The lowest BCUT2D eigenvalue weighted by Crippen LogP contribution is -2.35. The van der Waals surface area contributed by atoms with Gasteiger partial charge in [0.15, 0.2) is 0 Å². The van der Waals surface area contributed by atoms with E-state index in [9.17, 15) is 9.59 Å². The lowest BCUT2D eigenvalue weighted by Gasteiger charge is -2.18. The van der Waals surface area contributed by atoms with E-state index in [0.717, 1.165) is 24.8 Å². The first-order chi connectivity index (χ1) is 17.0. The average molecular weight is 507 g/mol. The molecule has 0 spiro atoms. The number of aryl methyl sites for hydroxylation is 1. The fraction of sp³-hybridized carbons (Fsp3) is 0.308. The van der Waals surface area contributed by atoms with Gasteiger partial charge < -0.3 is 10.1 Å². The molecule has 180 valence electrons. The van der Waals surface area contributed by atoms with E-state index in [-0.39, 0.29) is 17.6 Å². The number of fused-ring (bicyclic) bond motifs is 1. The highest BCUT2D eigenvalue weighted by atomic mass is 32.2. The number of nitrogens with one attached hydrogen (secondary N) is 1. The number of carbonyl (C=O) groups excluding carboxylic acids is 1. The number of amides is 1.